The summed E-state index contributed by atoms with van der Waals surface area (Å²) in [6.07, 6.45) is 0.150. The fourth-order valence-electron chi connectivity index (χ4n) is 2.38. The quantitative estimate of drug-likeness (QED) is 0.519. The molecule has 0 bridgehead atoms. The largest absolute Gasteiger partial charge is 0.393 e. The van der Waals surface area contributed by atoms with Crippen molar-refractivity contribution in [3.05, 3.63) is 24.7 Å². The van der Waals surface area contributed by atoms with Crippen LogP contribution in [0.1, 0.15) is 6.92 Å². The molecule has 112 valence electrons. The van der Waals surface area contributed by atoms with Crippen LogP contribution < -0.4 is 5.73 Å². The molecule has 0 unspecified atom stereocenters. The Morgan fingerprint density at radius 2 is 2.30 bits per heavy atom. The molecular weight excluding hydrogens is 269 g/mol. The van der Waals surface area contributed by atoms with Crippen LogP contribution in [-0.2, 0) is 4.74 Å². The Balaban J connectivity index is 2.34. The first-order valence-electron chi connectivity index (χ1n) is 6.03. The van der Waals surface area contributed by atoms with Crippen molar-refractivity contribution >= 4 is 5.84 Å². The molecule has 5 N–H and O–H groups in total. The zero-order valence-electron chi connectivity index (χ0n) is 11.0. The average Bonchev–Trinajstić information content (AvgIpc) is 2.60. The molecule has 2 heterocycles. The SMILES string of the molecule is C=C1N=C(N)C=CN1[C@@H]1O[C@@](CO)(CF)[C@@H](O)[C@@]1(C)O. The van der Waals surface area contributed by atoms with Crippen LogP contribution in [0, 0.1) is 0 Å². The summed E-state index contributed by atoms with van der Waals surface area (Å²) >= 11 is 0. The zero-order chi connectivity index (χ0) is 15.1. The molecule has 2 aliphatic heterocycles. The van der Waals surface area contributed by atoms with E-state index >= 15 is 0 Å². The Bertz CT molecular complexity index is 473. The Morgan fingerprint density at radius 3 is 2.75 bits per heavy atom. The number of hydrogen-bond donors (Lipinski definition) is 4. The summed E-state index contributed by atoms with van der Waals surface area (Å²) in [4.78, 5) is 5.23. The normalized spacial score (nSPS) is 41.1. The van der Waals surface area contributed by atoms with E-state index in [9.17, 15) is 19.7 Å². The van der Waals surface area contributed by atoms with Gasteiger partial charge in [-0.15, -0.1) is 0 Å². The van der Waals surface area contributed by atoms with E-state index in [0.717, 1.165) is 0 Å². The van der Waals surface area contributed by atoms with Gasteiger partial charge in [-0.1, -0.05) is 6.58 Å². The van der Waals surface area contributed by atoms with Gasteiger partial charge in [-0.25, -0.2) is 9.38 Å². The van der Waals surface area contributed by atoms with E-state index in [-0.39, 0.29) is 11.7 Å². The predicted molar refractivity (Wildman–Crippen MR) is 69.0 cm³/mol. The second kappa shape index (κ2) is 4.81. The maximum atomic E-state index is 13.2. The highest BCUT2D eigenvalue weighted by atomic mass is 19.1. The molecule has 0 aromatic rings. The van der Waals surface area contributed by atoms with Crippen LogP contribution in [0.15, 0.2) is 29.7 Å². The van der Waals surface area contributed by atoms with Crippen molar-refractivity contribution in [1.82, 2.24) is 4.90 Å². The summed E-state index contributed by atoms with van der Waals surface area (Å²) < 4.78 is 18.6. The van der Waals surface area contributed by atoms with E-state index < -0.39 is 36.8 Å². The molecule has 0 spiro atoms. The number of aliphatic hydroxyl groups excluding tert-OH is 2. The lowest BCUT2D eigenvalue weighted by atomic mass is 9.88. The van der Waals surface area contributed by atoms with Gasteiger partial charge in [-0.05, 0) is 13.0 Å². The minimum Gasteiger partial charge on any atom is -0.393 e. The lowest BCUT2D eigenvalue weighted by Gasteiger charge is -2.35. The monoisotopic (exact) mass is 287 g/mol. The number of aliphatic imine (C=N–C) groups is 1. The molecular formula is C12H18FN3O4. The first kappa shape index (κ1) is 14.9. The van der Waals surface area contributed by atoms with Crippen LogP contribution in [-0.4, -0.2) is 62.9 Å². The molecule has 0 amide bonds. The van der Waals surface area contributed by atoms with Gasteiger partial charge in [-0.3, -0.25) is 0 Å². The van der Waals surface area contributed by atoms with E-state index in [0.29, 0.717) is 0 Å². The molecule has 0 radical (unpaired) electrons. The molecule has 2 aliphatic rings. The lowest BCUT2D eigenvalue weighted by Crippen LogP contribution is -2.54. The third-order valence-corrected chi connectivity index (χ3v) is 3.61. The maximum absolute atomic E-state index is 13.2. The Labute approximate surface area is 115 Å². The molecule has 20 heavy (non-hydrogen) atoms. The summed E-state index contributed by atoms with van der Waals surface area (Å²) in [5, 5.41) is 29.8. The molecule has 2 rings (SSSR count). The third-order valence-electron chi connectivity index (χ3n) is 3.61. The first-order valence-corrected chi connectivity index (χ1v) is 6.03. The number of amidine groups is 1. The topological polar surface area (TPSA) is 112 Å². The number of ether oxygens (including phenoxy) is 1. The fraction of sp³-hybridized carbons (Fsp3) is 0.583. The highest BCUT2D eigenvalue weighted by Gasteiger charge is 2.62. The summed E-state index contributed by atoms with van der Waals surface area (Å²) in [6.45, 7) is 3.03. The second-order valence-electron chi connectivity index (χ2n) is 5.13. The number of nitrogens with two attached hydrogens (primary N) is 1. The fourth-order valence-corrected chi connectivity index (χ4v) is 2.38. The molecule has 4 atom stereocenters. The number of halogens is 1. The molecule has 0 aromatic heterocycles. The van der Waals surface area contributed by atoms with Crippen molar-refractivity contribution in [2.75, 3.05) is 13.3 Å². The minimum atomic E-state index is -1.88. The van der Waals surface area contributed by atoms with Gasteiger partial charge in [-0.2, -0.15) is 0 Å². The van der Waals surface area contributed by atoms with Crippen molar-refractivity contribution < 1.29 is 24.4 Å². The Hall–Kier alpha value is -1.48. The zero-order valence-corrected chi connectivity index (χ0v) is 11.0. The molecule has 1 saturated heterocycles. The van der Waals surface area contributed by atoms with Gasteiger partial charge in [0.1, 0.15) is 30.0 Å². The van der Waals surface area contributed by atoms with E-state index in [2.05, 4.69) is 11.6 Å². The standard InChI is InChI=1S/C12H18FN3O4/c1-7-15-8(14)3-4-16(7)10-11(2,19)9(18)12(5-13,6-17)20-10/h3-4,9-10,17-19H,1,5-6H2,2H3,(H2,14,15)/t9-,10+,11+,12+/m0/s1. The van der Waals surface area contributed by atoms with E-state index in [1.807, 2.05) is 0 Å². The van der Waals surface area contributed by atoms with Gasteiger partial charge < -0.3 is 30.7 Å². The van der Waals surface area contributed by atoms with Gasteiger partial charge in [0.2, 0.25) is 0 Å². The Morgan fingerprint density at radius 1 is 1.65 bits per heavy atom. The van der Waals surface area contributed by atoms with Gasteiger partial charge in [0.05, 0.1) is 6.61 Å². The molecule has 8 heteroatoms. The number of hydrogen-bond acceptors (Lipinski definition) is 7. The van der Waals surface area contributed by atoms with Crippen molar-refractivity contribution in [3.63, 3.8) is 0 Å². The van der Waals surface area contributed by atoms with E-state index in [1.165, 1.54) is 24.1 Å². The number of alkyl halides is 1. The van der Waals surface area contributed by atoms with Crippen molar-refractivity contribution in [3.8, 4) is 0 Å². The van der Waals surface area contributed by atoms with Crippen molar-refractivity contribution in [2.24, 2.45) is 10.7 Å². The summed E-state index contributed by atoms with van der Waals surface area (Å²) in [5.74, 6) is 0.401. The van der Waals surface area contributed by atoms with Gasteiger partial charge in [0, 0.05) is 6.20 Å². The number of aliphatic hydroxyl groups is 3. The third kappa shape index (κ3) is 2.01. The van der Waals surface area contributed by atoms with E-state index in [1.54, 1.807) is 0 Å². The smallest absolute Gasteiger partial charge is 0.167 e. The Kier molecular flexibility index (Phi) is 3.59. The molecule has 1 fully saturated rings. The van der Waals surface area contributed by atoms with Crippen LogP contribution in [0.4, 0.5) is 4.39 Å². The molecule has 0 aromatic carbocycles. The molecule has 0 saturated carbocycles. The summed E-state index contributed by atoms with van der Waals surface area (Å²) in [6, 6.07) is 0. The van der Waals surface area contributed by atoms with Crippen molar-refractivity contribution in [1.29, 1.82) is 0 Å². The number of nitrogens with zero attached hydrogens (tertiary/aromatic N) is 2. The average molecular weight is 287 g/mol. The summed E-state index contributed by atoms with van der Waals surface area (Å²) in [7, 11) is 0. The maximum Gasteiger partial charge on any atom is 0.167 e. The highest BCUT2D eigenvalue weighted by molar-refractivity contribution is 5.92. The summed E-state index contributed by atoms with van der Waals surface area (Å²) in [5.41, 5.74) is 1.80. The molecule has 0 aliphatic carbocycles. The molecule has 7 nitrogen and oxygen atoms in total. The van der Waals surface area contributed by atoms with E-state index in [4.69, 9.17) is 10.5 Å². The van der Waals surface area contributed by atoms with Crippen LogP contribution in [0.3, 0.4) is 0 Å². The van der Waals surface area contributed by atoms with Crippen LogP contribution in [0.2, 0.25) is 0 Å². The predicted octanol–water partition coefficient (Wildman–Crippen LogP) is -1.19. The number of rotatable bonds is 3. The van der Waals surface area contributed by atoms with Gasteiger partial charge in [0.15, 0.2) is 11.8 Å². The minimum absolute atomic E-state index is 0.176. The first-order chi connectivity index (χ1) is 9.28. The van der Waals surface area contributed by atoms with Crippen LogP contribution >= 0.6 is 0 Å². The second-order valence-corrected chi connectivity index (χ2v) is 5.13. The van der Waals surface area contributed by atoms with Crippen molar-refractivity contribution in [2.45, 2.75) is 30.5 Å². The van der Waals surface area contributed by atoms with Crippen LogP contribution in [0.5, 0.6) is 0 Å². The van der Waals surface area contributed by atoms with Crippen LogP contribution in [0.25, 0.3) is 0 Å². The lowest BCUT2D eigenvalue weighted by molar-refractivity contribution is -0.146. The van der Waals surface area contributed by atoms with Gasteiger partial charge in [0.25, 0.3) is 0 Å². The highest BCUT2D eigenvalue weighted by Crippen LogP contribution is 2.41. The van der Waals surface area contributed by atoms with Gasteiger partial charge >= 0.3 is 0 Å².